The van der Waals surface area contributed by atoms with Crippen LogP contribution in [-0.2, 0) is 18.2 Å². The van der Waals surface area contributed by atoms with E-state index in [0.29, 0.717) is 6.10 Å². The van der Waals surface area contributed by atoms with Crippen LogP contribution in [0.2, 0.25) is 0 Å². The number of aryl methyl sites for hydroxylation is 1. The highest BCUT2D eigenvalue weighted by molar-refractivity contribution is 5.81. The molecule has 0 amide bonds. The molecule has 1 aromatic carbocycles. The van der Waals surface area contributed by atoms with Gasteiger partial charge in [-0.2, -0.15) is 5.10 Å². The summed E-state index contributed by atoms with van der Waals surface area (Å²) in [5, 5.41) is 5.76. The van der Waals surface area contributed by atoms with Gasteiger partial charge in [0, 0.05) is 18.9 Å². The molecule has 0 saturated carbocycles. The molecule has 1 atom stereocenters. The fourth-order valence-electron chi connectivity index (χ4n) is 1.84. The van der Waals surface area contributed by atoms with Crippen LogP contribution >= 0.6 is 0 Å². The minimum absolute atomic E-state index is 0.410. The van der Waals surface area contributed by atoms with Crippen LogP contribution in [0.5, 0.6) is 0 Å². The molecule has 1 fully saturated rings. The highest BCUT2D eigenvalue weighted by atomic mass is 16.6. The van der Waals surface area contributed by atoms with Crippen molar-refractivity contribution >= 4 is 10.9 Å². The molecule has 0 N–H and O–H groups in total. The lowest BCUT2D eigenvalue weighted by Crippen LogP contribution is -1.96. The van der Waals surface area contributed by atoms with E-state index in [9.17, 15) is 0 Å². The number of nitrogens with zero attached hydrogens (tertiary/aromatic N) is 2. The van der Waals surface area contributed by atoms with Crippen LogP contribution in [0.25, 0.3) is 10.9 Å². The third kappa shape index (κ3) is 1.21. The fourth-order valence-corrected chi connectivity index (χ4v) is 1.84. The van der Waals surface area contributed by atoms with Gasteiger partial charge in [0.25, 0.3) is 0 Å². The zero-order chi connectivity index (χ0) is 9.54. The lowest BCUT2D eigenvalue weighted by atomic mass is 10.1. The summed E-state index contributed by atoms with van der Waals surface area (Å²) < 4.78 is 7.16. The van der Waals surface area contributed by atoms with Gasteiger partial charge in [-0.3, -0.25) is 4.68 Å². The van der Waals surface area contributed by atoms with Gasteiger partial charge in [-0.1, -0.05) is 18.2 Å². The Balaban J connectivity index is 2.12. The van der Waals surface area contributed by atoms with Gasteiger partial charge in [-0.15, -0.1) is 0 Å². The molecule has 2 aromatic rings. The van der Waals surface area contributed by atoms with Crippen LogP contribution < -0.4 is 0 Å². The summed E-state index contributed by atoms with van der Waals surface area (Å²) in [4.78, 5) is 0. The molecule has 1 aromatic heterocycles. The zero-order valence-corrected chi connectivity index (χ0v) is 8.10. The van der Waals surface area contributed by atoms with Gasteiger partial charge in [0.05, 0.1) is 23.9 Å². The average molecular weight is 188 g/mol. The summed E-state index contributed by atoms with van der Waals surface area (Å²) in [7, 11) is 1.99. The second-order valence-electron chi connectivity index (χ2n) is 3.75. The maximum absolute atomic E-state index is 5.22. The second kappa shape index (κ2) is 2.82. The van der Waals surface area contributed by atoms with Crippen molar-refractivity contribution in [2.45, 2.75) is 12.5 Å². The highest BCUT2D eigenvalue weighted by Gasteiger charge is 2.25. The Morgan fingerprint density at radius 1 is 1.50 bits per heavy atom. The van der Waals surface area contributed by atoms with Gasteiger partial charge in [0.1, 0.15) is 0 Å². The van der Waals surface area contributed by atoms with Crippen LogP contribution in [0.15, 0.2) is 24.3 Å². The Labute approximate surface area is 82.3 Å². The number of hydrogen-bond donors (Lipinski definition) is 0. The SMILES string of the molecule is Cn1nc(CC2CO2)c2ccccc21. The normalized spacial score (nSPS) is 20.2. The highest BCUT2D eigenvalue weighted by Crippen LogP contribution is 2.22. The molecule has 14 heavy (non-hydrogen) atoms. The summed E-state index contributed by atoms with van der Waals surface area (Å²) in [6.45, 7) is 0.894. The summed E-state index contributed by atoms with van der Waals surface area (Å²) in [5.41, 5.74) is 2.36. The number of epoxide rings is 1. The van der Waals surface area contributed by atoms with Gasteiger partial charge in [-0.05, 0) is 6.07 Å². The van der Waals surface area contributed by atoms with Crippen molar-refractivity contribution in [1.82, 2.24) is 9.78 Å². The minimum atomic E-state index is 0.410. The topological polar surface area (TPSA) is 30.4 Å². The molecule has 1 aliphatic rings. The van der Waals surface area contributed by atoms with Crippen LogP contribution in [0.3, 0.4) is 0 Å². The second-order valence-corrected chi connectivity index (χ2v) is 3.75. The number of ether oxygens (including phenoxy) is 1. The summed E-state index contributed by atoms with van der Waals surface area (Å²) >= 11 is 0. The van der Waals surface area contributed by atoms with E-state index in [0.717, 1.165) is 18.7 Å². The Kier molecular flexibility index (Phi) is 1.61. The van der Waals surface area contributed by atoms with Crippen molar-refractivity contribution < 1.29 is 4.74 Å². The molecule has 72 valence electrons. The lowest BCUT2D eigenvalue weighted by molar-refractivity contribution is 0.406. The van der Waals surface area contributed by atoms with E-state index < -0.39 is 0 Å². The molecule has 0 spiro atoms. The predicted octanol–water partition coefficient (Wildman–Crippen LogP) is 1.51. The first kappa shape index (κ1) is 8.00. The summed E-state index contributed by atoms with van der Waals surface area (Å²) in [6.07, 6.45) is 1.36. The summed E-state index contributed by atoms with van der Waals surface area (Å²) in [5.74, 6) is 0. The lowest BCUT2D eigenvalue weighted by Gasteiger charge is -1.91. The van der Waals surface area contributed by atoms with Crippen LogP contribution in [0, 0.1) is 0 Å². The Hall–Kier alpha value is -1.35. The van der Waals surface area contributed by atoms with Crippen molar-refractivity contribution in [3.8, 4) is 0 Å². The van der Waals surface area contributed by atoms with Gasteiger partial charge in [-0.25, -0.2) is 0 Å². The molecule has 2 heterocycles. The van der Waals surface area contributed by atoms with E-state index in [2.05, 4.69) is 23.3 Å². The predicted molar refractivity (Wildman–Crippen MR) is 54.2 cm³/mol. The number of fused-ring (bicyclic) bond motifs is 1. The molecule has 3 heteroatoms. The molecule has 1 aliphatic heterocycles. The van der Waals surface area contributed by atoms with E-state index in [1.165, 1.54) is 10.9 Å². The van der Waals surface area contributed by atoms with Crippen LogP contribution in [-0.4, -0.2) is 22.5 Å². The number of rotatable bonds is 2. The van der Waals surface area contributed by atoms with E-state index in [-0.39, 0.29) is 0 Å². The molecule has 3 nitrogen and oxygen atoms in total. The first-order chi connectivity index (χ1) is 6.84. The molecule has 1 saturated heterocycles. The van der Waals surface area contributed by atoms with E-state index in [1.54, 1.807) is 0 Å². The third-order valence-electron chi connectivity index (χ3n) is 2.66. The van der Waals surface area contributed by atoms with Crippen molar-refractivity contribution in [2.24, 2.45) is 7.05 Å². The van der Waals surface area contributed by atoms with E-state index in [1.807, 2.05) is 17.8 Å². The average Bonchev–Trinajstić information content (AvgIpc) is 2.95. The molecule has 0 radical (unpaired) electrons. The zero-order valence-electron chi connectivity index (χ0n) is 8.10. The first-order valence-corrected chi connectivity index (χ1v) is 4.87. The standard InChI is InChI=1S/C11H12N2O/c1-13-11-5-3-2-4-9(11)10(12-13)6-8-7-14-8/h2-5,8H,6-7H2,1H3. The number of para-hydroxylation sites is 1. The third-order valence-corrected chi connectivity index (χ3v) is 2.66. The molecule has 3 rings (SSSR count). The van der Waals surface area contributed by atoms with Crippen LogP contribution in [0.1, 0.15) is 5.69 Å². The first-order valence-electron chi connectivity index (χ1n) is 4.87. The Morgan fingerprint density at radius 3 is 3.07 bits per heavy atom. The number of hydrogen-bond acceptors (Lipinski definition) is 2. The van der Waals surface area contributed by atoms with Gasteiger partial charge < -0.3 is 4.74 Å². The van der Waals surface area contributed by atoms with Crippen molar-refractivity contribution in [1.29, 1.82) is 0 Å². The maximum atomic E-state index is 5.22. The van der Waals surface area contributed by atoms with Gasteiger partial charge >= 0.3 is 0 Å². The van der Waals surface area contributed by atoms with Crippen molar-refractivity contribution in [2.75, 3.05) is 6.61 Å². The molecule has 0 aliphatic carbocycles. The van der Waals surface area contributed by atoms with Gasteiger partial charge in [0.15, 0.2) is 0 Å². The quantitative estimate of drug-likeness (QED) is 0.669. The minimum Gasteiger partial charge on any atom is -0.373 e. The monoisotopic (exact) mass is 188 g/mol. The molecular weight excluding hydrogens is 176 g/mol. The molecule has 0 bridgehead atoms. The molecule has 1 unspecified atom stereocenters. The van der Waals surface area contributed by atoms with Crippen molar-refractivity contribution in [3.05, 3.63) is 30.0 Å². The Morgan fingerprint density at radius 2 is 2.29 bits per heavy atom. The van der Waals surface area contributed by atoms with Crippen LogP contribution in [0.4, 0.5) is 0 Å². The number of aromatic nitrogens is 2. The summed E-state index contributed by atoms with van der Waals surface area (Å²) in [6, 6.07) is 8.32. The fraction of sp³-hybridized carbons (Fsp3) is 0.364. The van der Waals surface area contributed by atoms with E-state index >= 15 is 0 Å². The molecular formula is C11H12N2O. The largest absolute Gasteiger partial charge is 0.373 e. The van der Waals surface area contributed by atoms with Crippen molar-refractivity contribution in [3.63, 3.8) is 0 Å². The smallest absolute Gasteiger partial charge is 0.0866 e. The van der Waals surface area contributed by atoms with E-state index in [4.69, 9.17) is 4.74 Å². The Bertz CT molecular complexity index is 471. The van der Waals surface area contributed by atoms with Gasteiger partial charge in [0.2, 0.25) is 0 Å². The number of benzene rings is 1. The maximum Gasteiger partial charge on any atom is 0.0866 e.